The van der Waals surface area contributed by atoms with Crippen LogP contribution in [-0.4, -0.2) is 32.7 Å². The summed E-state index contributed by atoms with van der Waals surface area (Å²) in [7, 11) is 0. The third-order valence-corrected chi connectivity index (χ3v) is 6.72. The summed E-state index contributed by atoms with van der Waals surface area (Å²) >= 11 is 5.12. The van der Waals surface area contributed by atoms with Gasteiger partial charge in [-0.15, -0.1) is 23.5 Å². The van der Waals surface area contributed by atoms with Gasteiger partial charge in [-0.25, -0.2) is 9.97 Å². The van der Waals surface area contributed by atoms with Gasteiger partial charge in [-0.2, -0.15) is 0 Å². The number of pyridine rings is 1. The molecule has 3 heterocycles. The van der Waals surface area contributed by atoms with Crippen molar-refractivity contribution in [2.24, 2.45) is 0 Å². The Hall–Kier alpha value is -0.920. The Labute approximate surface area is 149 Å². The minimum atomic E-state index is 0.245. The molecular formula is C16H20N4S3. The number of nitrogens with zero attached hydrogens (tertiary/aromatic N) is 3. The molecule has 7 heteroatoms. The molecule has 122 valence electrons. The molecule has 0 unspecified atom stereocenters. The van der Waals surface area contributed by atoms with E-state index < -0.39 is 0 Å². The second kappa shape index (κ2) is 6.91. The topological polar surface area (TPSA) is 64.7 Å². The molecule has 0 aromatic carbocycles. The minimum absolute atomic E-state index is 0.245. The highest BCUT2D eigenvalue weighted by molar-refractivity contribution is 8.00. The SMILES string of the molecule is CSc1cc(N)nc(SCCc2cc3c(cn2)SCC3(C)C)n1. The van der Waals surface area contributed by atoms with E-state index in [1.807, 2.05) is 24.2 Å². The number of anilines is 1. The number of aryl methyl sites for hydroxylation is 1. The molecule has 0 atom stereocenters. The molecule has 1 aliphatic rings. The van der Waals surface area contributed by atoms with Crippen LogP contribution < -0.4 is 5.73 Å². The van der Waals surface area contributed by atoms with Crippen molar-refractivity contribution in [3.05, 3.63) is 29.6 Å². The van der Waals surface area contributed by atoms with Gasteiger partial charge in [0.25, 0.3) is 0 Å². The van der Waals surface area contributed by atoms with Crippen molar-refractivity contribution in [2.75, 3.05) is 23.5 Å². The van der Waals surface area contributed by atoms with Crippen LogP contribution in [0.2, 0.25) is 0 Å². The van der Waals surface area contributed by atoms with Crippen molar-refractivity contribution in [1.29, 1.82) is 0 Å². The van der Waals surface area contributed by atoms with Crippen molar-refractivity contribution in [3.63, 3.8) is 0 Å². The van der Waals surface area contributed by atoms with Crippen LogP contribution >= 0.6 is 35.3 Å². The molecule has 4 nitrogen and oxygen atoms in total. The lowest BCUT2D eigenvalue weighted by atomic mass is 9.87. The van der Waals surface area contributed by atoms with Gasteiger partial charge in [0.2, 0.25) is 0 Å². The Morgan fingerprint density at radius 3 is 2.91 bits per heavy atom. The minimum Gasteiger partial charge on any atom is -0.384 e. The van der Waals surface area contributed by atoms with E-state index in [1.165, 1.54) is 10.5 Å². The Morgan fingerprint density at radius 1 is 1.30 bits per heavy atom. The first-order chi connectivity index (χ1) is 11.0. The molecule has 0 spiro atoms. The van der Waals surface area contributed by atoms with Crippen molar-refractivity contribution in [3.8, 4) is 0 Å². The second-order valence-corrected chi connectivity index (χ2v) is 8.97. The van der Waals surface area contributed by atoms with Crippen LogP contribution in [0.1, 0.15) is 25.1 Å². The number of nitrogens with two attached hydrogens (primary N) is 1. The molecule has 0 amide bonds. The lowest BCUT2D eigenvalue weighted by Crippen LogP contribution is -2.16. The van der Waals surface area contributed by atoms with Crippen LogP contribution in [0, 0.1) is 0 Å². The highest BCUT2D eigenvalue weighted by atomic mass is 32.2. The first kappa shape index (κ1) is 16.9. The Balaban J connectivity index is 1.65. The zero-order valence-corrected chi connectivity index (χ0v) is 15.9. The van der Waals surface area contributed by atoms with Crippen LogP contribution in [-0.2, 0) is 11.8 Å². The van der Waals surface area contributed by atoms with E-state index in [-0.39, 0.29) is 5.41 Å². The number of rotatable bonds is 5. The fourth-order valence-corrected chi connectivity index (χ4v) is 5.03. The lowest BCUT2D eigenvalue weighted by Gasteiger charge is -2.18. The first-order valence-corrected chi connectivity index (χ1v) is 10.6. The maximum atomic E-state index is 5.82. The zero-order chi connectivity index (χ0) is 16.4. The first-order valence-electron chi connectivity index (χ1n) is 7.41. The number of thioether (sulfide) groups is 3. The molecule has 0 saturated heterocycles. The smallest absolute Gasteiger partial charge is 0.190 e. The summed E-state index contributed by atoms with van der Waals surface area (Å²) in [5.74, 6) is 2.56. The van der Waals surface area contributed by atoms with E-state index in [2.05, 4.69) is 34.9 Å². The summed E-state index contributed by atoms with van der Waals surface area (Å²) in [5, 5.41) is 1.65. The highest BCUT2D eigenvalue weighted by Gasteiger charge is 2.30. The van der Waals surface area contributed by atoms with Crippen LogP contribution in [0.25, 0.3) is 0 Å². The van der Waals surface area contributed by atoms with E-state index in [4.69, 9.17) is 5.73 Å². The van der Waals surface area contributed by atoms with Gasteiger partial charge in [0, 0.05) is 39.8 Å². The molecule has 0 bridgehead atoms. The van der Waals surface area contributed by atoms with Gasteiger partial charge < -0.3 is 5.73 Å². The average Bonchev–Trinajstić information content (AvgIpc) is 2.82. The Bertz CT molecular complexity index is 718. The molecule has 0 saturated carbocycles. The van der Waals surface area contributed by atoms with Gasteiger partial charge in [0.1, 0.15) is 10.8 Å². The van der Waals surface area contributed by atoms with E-state index in [0.29, 0.717) is 5.82 Å². The largest absolute Gasteiger partial charge is 0.384 e. The van der Waals surface area contributed by atoms with Crippen molar-refractivity contribution >= 4 is 41.1 Å². The normalized spacial score (nSPS) is 15.6. The fourth-order valence-electron chi connectivity index (χ4n) is 2.44. The van der Waals surface area contributed by atoms with E-state index in [1.54, 1.807) is 29.6 Å². The third-order valence-electron chi connectivity index (χ3n) is 3.74. The summed E-state index contributed by atoms with van der Waals surface area (Å²) in [5.41, 5.74) is 8.63. The third kappa shape index (κ3) is 3.95. The lowest BCUT2D eigenvalue weighted by molar-refractivity contribution is 0.602. The fraction of sp³-hybridized carbons (Fsp3) is 0.438. The molecule has 2 aromatic heterocycles. The van der Waals surface area contributed by atoms with E-state index in [9.17, 15) is 0 Å². The molecule has 0 fully saturated rings. The van der Waals surface area contributed by atoms with Gasteiger partial charge in [0.05, 0.1) is 0 Å². The van der Waals surface area contributed by atoms with Gasteiger partial charge in [-0.1, -0.05) is 25.6 Å². The standard InChI is InChI=1S/C16H20N4S3/c1-16(2)9-23-12-8-18-10(6-11(12)16)4-5-22-15-19-13(17)7-14(20-15)21-3/h6-8H,4-5,9H2,1-3H3,(H2,17,19,20). The average molecular weight is 365 g/mol. The van der Waals surface area contributed by atoms with Crippen molar-refractivity contribution in [2.45, 2.75) is 40.8 Å². The number of hydrogen-bond acceptors (Lipinski definition) is 7. The molecular weight excluding hydrogens is 344 g/mol. The van der Waals surface area contributed by atoms with Crippen LogP contribution in [0.3, 0.4) is 0 Å². The second-order valence-electron chi connectivity index (χ2n) is 6.06. The number of hydrogen-bond donors (Lipinski definition) is 1. The van der Waals surface area contributed by atoms with E-state index in [0.717, 1.165) is 33.8 Å². The monoisotopic (exact) mass is 364 g/mol. The number of aromatic nitrogens is 3. The predicted octanol–water partition coefficient (Wildman–Crippen LogP) is 3.89. The Kier molecular flexibility index (Phi) is 5.08. The summed E-state index contributed by atoms with van der Waals surface area (Å²) < 4.78 is 0. The Morgan fingerprint density at radius 2 is 2.13 bits per heavy atom. The van der Waals surface area contributed by atoms with Crippen molar-refractivity contribution < 1.29 is 0 Å². The highest BCUT2D eigenvalue weighted by Crippen LogP contribution is 2.43. The molecule has 2 N–H and O–H groups in total. The molecule has 23 heavy (non-hydrogen) atoms. The van der Waals surface area contributed by atoms with Gasteiger partial charge >= 0.3 is 0 Å². The van der Waals surface area contributed by atoms with Gasteiger partial charge in [-0.05, 0) is 24.3 Å². The predicted molar refractivity (Wildman–Crippen MR) is 101 cm³/mol. The zero-order valence-electron chi connectivity index (χ0n) is 13.5. The van der Waals surface area contributed by atoms with Gasteiger partial charge in [-0.3, -0.25) is 4.98 Å². The summed E-state index contributed by atoms with van der Waals surface area (Å²) in [4.78, 5) is 14.7. The van der Waals surface area contributed by atoms with Crippen molar-refractivity contribution in [1.82, 2.24) is 15.0 Å². The maximum absolute atomic E-state index is 5.82. The summed E-state index contributed by atoms with van der Waals surface area (Å²) in [6.07, 6.45) is 4.92. The van der Waals surface area contributed by atoms with Crippen LogP contribution in [0.4, 0.5) is 5.82 Å². The quantitative estimate of drug-likeness (QED) is 0.490. The van der Waals surface area contributed by atoms with Crippen LogP contribution in [0.5, 0.6) is 0 Å². The maximum Gasteiger partial charge on any atom is 0.190 e. The molecule has 0 aliphatic carbocycles. The van der Waals surface area contributed by atoms with Crippen LogP contribution in [0.15, 0.2) is 33.4 Å². The van der Waals surface area contributed by atoms with Gasteiger partial charge in [0.15, 0.2) is 5.16 Å². The number of nitrogen functional groups attached to an aromatic ring is 1. The summed E-state index contributed by atoms with van der Waals surface area (Å²) in [6, 6.07) is 4.07. The molecule has 2 aromatic rings. The summed E-state index contributed by atoms with van der Waals surface area (Å²) in [6.45, 7) is 4.60. The van der Waals surface area contributed by atoms with E-state index >= 15 is 0 Å². The molecule has 0 radical (unpaired) electrons. The molecule has 3 rings (SSSR count). The molecule has 1 aliphatic heterocycles. The number of fused-ring (bicyclic) bond motifs is 1.